The summed E-state index contributed by atoms with van der Waals surface area (Å²) >= 11 is 0. The van der Waals surface area contributed by atoms with Crippen LogP contribution in [0.5, 0.6) is 0 Å². The number of nitrogens with one attached hydrogen (secondary N) is 2. The molecule has 2 aromatic rings. The number of likely N-dealkylation sites (tertiary alicyclic amines) is 1. The zero-order valence-corrected chi connectivity index (χ0v) is 13.8. The quantitative estimate of drug-likeness (QED) is 0.886. The number of carbonyl (C=O) groups excluding carboxylic acids is 2. The molecule has 0 unspecified atom stereocenters. The van der Waals surface area contributed by atoms with Gasteiger partial charge in [-0.1, -0.05) is 18.2 Å². The highest BCUT2D eigenvalue weighted by atomic mass is 16.2. The van der Waals surface area contributed by atoms with E-state index in [2.05, 4.69) is 15.7 Å². The van der Waals surface area contributed by atoms with E-state index in [0.29, 0.717) is 19.6 Å². The van der Waals surface area contributed by atoms with Crippen molar-refractivity contribution in [3.63, 3.8) is 0 Å². The average molecular weight is 327 g/mol. The van der Waals surface area contributed by atoms with E-state index in [0.717, 1.165) is 16.9 Å². The number of hydrogen-bond acceptors (Lipinski definition) is 3. The van der Waals surface area contributed by atoms with E-state index < -0.39 is 0 Å². The number of aromatic nitrogens is 2. The second-order valence-corrected chi connectivity index (χ2v) is 5.98. The van der Waals surface area contributed by atoms with Crippen molar-refractivity contribution in [2.45, 2.75) is 26.4 Å². The van der Waals surface area contributed by atoms with Gasteiger partial charge >= 0.3 is 6.03 Å². The molecule has 0 radical (unpaired) electrons. The van der Waals surface area contributed by atoms with Crippen LogP contribution in [0.1, 0.15) is 18.2 Å². The normalized spacial score (nSPS) is 14.2. The van der Waals surface area contributed by atoms with Gasteiger partial charge in [-0.2, -0.15) is 5.10 Å². The molecule has 7 nitrogen and oxygen atoms in total. The predicted molar refractivity (Wildman–Crippen MR) is 89.7 cm³/mol. The topological polar surface area (TPSA) is 79.3 Å². The van der Waals surface area contributed by atoms with E-state index in [1.165, 1.54) is 6.92 Å². The van der Waals surface area contributed by atoms with E-state index in [4.69, 9.17) is 0 Å². The minimum atomic E-state index is -0.122. The molecular formula is C17H21N5O2. The molecule has 126 valence electrons. The van der Waals surface area contributed by atoms with Gasteiger partial charge in [0.05, 0.1) is 17.4 Å². The van der Waals surface area contributed by atoms with Gasteiger partial charge in [-0.25, -0.2) is 9.48 Å². The molecule has 0 saturated carbocycles. The summed E-state index contributed by atoms with van der Waals surface area (Å²) in [5.41, 5.74) is 2.85. The largest absolute Gasteiger partial charge is 0.350 e. The first-order valence-electron chi connectivity index (χ1n) is 7.93. The lowest BCUT2D eigenvalue weighted by molar-refractivity contribution is -0.120. The van der Waals surface area contributed by atoms with Crippen molar-refractivity contribution in [2.75, 3.05) is 13.1 Å². The molecule has 3 rings (SSSR count). The lowest BCUT2D eigenvalue weighted by Crippen LogP contribution is -2.62. The van der Waals surface area contributed by atoms with Crippen LogP contribution in [-0.4, -0.2) is 45.8 Å². The number of hydrogen-bond donors (Lipinski definition) is 2. The Morgan fingerprint density at radius 3 is 2.62 bits per heavy atom. The summed E-state index contributed by atoms with van der Waals surface area (Å²) in [5.74, 6) is -0.0657. The summed E-state index contributed by atoms with van der Waals surface area (Å²) in [6.45, 7) is 4.94. The maximum Gasteiger partial charge on any atom is 0.317 e. The molecule has 2 N–H and O–H groups in total. The molecule has 0 bridgehead atoms. The van der Waals surface area contributed by atoms with Crippen LogP contribution in [0.3, 0.4) is 0 Å². The molecule has 24 heavy (non-hydrogen) atoms. The molecule has 7 heteroatoms. The Hall–Kier alpha value is -2.83. The van der Waals surface area contributed by atoms with E-state index in [9.17, 15) is 9.59 Å². The molecule has 0 atom stereocenters. The van der Waals surface area contributed by atoms with Crippen LogP contribution in [0, 0.1) is 6.92 Å². The summed E-state index contributed by atoms with van der Waals surface area (Å²) in [4.78, 5) is 24.7. The number of benzene rings is 1. The Kier molecular flexibility index (Phi) is 4.50. The highest BCUT2D eigenvalue weighted by Crippen LogP contribution is 2.12. The van der Waals surface area contributed by atoms with Crippen molar-refractivity contribution in [3.05, 3.63) is 47.8 Å². The summed E-state index contributed by atoms with van der Waals surface area (Å²) in [6, 6.07) is 9.79. The minimum absolute atomic E-state index is 0.0656. The Labute approximate surface area is 140 Å². The number of aryl methyl sites for hydroxylation is 1. The number of rotatable bonds is 4. The smallest absolute Gasteiger partial charge is 0.317 e. The van der Waals surface area contributed by atoms with Crippen LogP contribution in [-0.2, 0) is 11.3 Å². The first-order chi connectivity index (χ1) is 11.5. The summed E-state index contributed by atoms with van der Waals surface area (Å²) < 4.78 is 1.81. The third-order valence-electron chi connectivity index (χ3n) is 4.03. The van der Waals surface area contributed by atoms with Crippen LogP contribution in [0.15, 0.2) is 36.5 Å². The third-order valence-corrected chi connectivity index (χ3v) is 4.03. The zero-order valence-electron chi connectivity index (χ0n) is 13.8. The molecule has 1 fully saturated rings. The maximum atomic E-state index is 12.1. The van der Waals surface area contributed by atoms with Crippen LogP contribution >= 0.6 is 0 Å². The second-order valence-electron chi connectivity index (χ2n) is 5.98. The summed E-state index contributed by atoms with van der Waals surface area (Å²) in [5, 5.41) is 10.2. The number of para-hydroxylation sites is 1. The molecule has 1 aromatic carbocycles. The van der Waals surface area contributed by atoms with Crippen molar-refractivity contribution in [1.29, 1.82) is 0 Å². The van der Waals surface area contributed by atoms with Crippen molar-refractivity contribution < 1.29 is 9.59 Å². The van der Waals surface area contributed by atoms with E-state index >= 15 is 0 Å². The molecule has 1 aromatic heterocycles. The van der Waals surface area contributed by atoms with Gasteiger partial charge in [-0.05, 0) is 19.1 Å². The number of urea groups is 1. The summed E-state index contributed by atoms with van der Waals surface area (Å²) in [6.07, 6.45) is 1.93. The molecule has 0 spiro atoms. The predicted octanol–water partition coefficient (Wildman–Crippen LogP) is 1.21. The van der Waals surface area contributed by atoms with Gasteiger partial charge in [-0.15, -0.1) is 0 Å². The number of amides is 3. The van der Waals surface area contributed by atoms with Crippen molar-refractivity contribution >= 4 is 11.9 Å². The summed E-state index contributed by atoms with van der Waals surface area (Å²) in [7, 11) is 0. The Morgan fingerprint density at radius 2 is 1.96 bits per heavy atom. The molecule has 1 aliphatic rings. The fourth-order valence-electron chi connectivity index (χ4n) is 2.69. The number of nitrogens with zero attached hydrogens (tertiary/aromatic N) is 3. The van der Waals surface area contributed by atoms with Gasteiger partial charge in [0.15, 0.2) is 0 Å². The van der Waals surface area contributed by atoms with Gasteiger partial charge < -0.3 is 15.5 Å². The first kappa shape index (κ1) is 16.0. The standard InChI is InChI=1S/C17H21N5O2/c1-12-14(9-22(20-12)16-6-4-3-5-7-16)8-18-17(24)21-10-15(11-21)19-13(2)23/h3-7,9,15H,8,10-11H2,1-2H3,(H,18,24)(H,19,23). The van der Waals surface area contributed by atoms with Gasteiger partial charge in [0.1, 0.15) is 0 Å². The third kappa shape index (κ3) is 3.56. The SMILES string of the molecule is CC(=O)NC1CN(C(=O)NCc2cn(-c3ccccc3)nc2C)C1. The lowest BCUT2D eigenvalue weighted by atomic mass is 10.1. The van der Waals surface area contributed by atoms with Crippen LogP contribution in [0.25, 0.3) is 5.69 Å². The monoisotopic (exact) mass is 327 g/mol. The lowest BCUT2D eigenvalue weighted by Gasteiger charge is -2.39. The average Bonchev–Trinajstić information content (AvgIpc) is 2.90. The second kappa shape index (κ2) is 6.74. The molecular weight excluding hydrogens is 306 g/mol. The van der Waals surface area contributed by atoms with Crippen molar-refractivity contribution in [3.8, 4) is 5.69 Å². The van der Waals surface area contributed by atoms with E-state index in [-0.39, 0.29) is 18.0 Å². The van der Waals surface area contributed by atoms with Gasteiger partial charge in [-0.3, -0.25) is 4.79 Å². The Morgan fingerprint density at radius 1 is 1.25 bits per heavy atom. The zero-order chi connectivity index (χ0) is 17.1. The molecule has 2 heterocycles. The van der Waals surface area contributed by atoms with Gasteiger partial charge in [0.2, 0.25) is 5.91 Å². The number of carbonyl (C=O) groups is 2. The van der Waals surface area contributed by atoms with Crippen LogP contribution in [0.2, 0.25) is 0 Å². The first-order valence-corrected chi connectivity index (χ1v) is 7.93. The molecule has 1 saturated heterocycles. The van der Waals surface area contributed by atoms with Crippen LogP contribution in [0.4, 0.5) is 4.79 Å². The highest BCUT2D eigenvalue weighted by molar-refractivity contribution is 5.77. The molecule has 1 aliphatic heterocycles. The fourth-order valence-corrected chi connectivity index (χ4v) is 2.69. The van der Waals surface area contributed by atoms with E-state index in [1.54, 1.807) is 4.90 Å². The van der Waals surface area contributed by atoms with Gasteiger partial charge in [0.25, 0.3) is 0 Å². The van der Waals surface area contributed by atoms with Crippen LogP contribution < -0.4 is 10.6 Å². The van der Waals surface area contributed by atoms with Crippen molar-refractivity contribution in [1.82, 2.24) is 25.3 Å². The fraction of sp³-hybridized carbons (Fsp3) is 0.353. The maximum absolute atomic E-state index is 12.1. The Balaban J connectivity index is 1.53. The van der Waals surface area contributed by atoms with E-state index in [1.807, 2.05) is 48.1 Å². The molecule has 3 amide bonds. The Bertz CT molecular complexity index is 735. The van der Waals surface area contributed by atoms with Crippen molar-refractivity contribution in [2.24, 2.45) is 0 Å². The van der Waals surface area contributed by atoms with Gasteiger partial charge in [0, 0.05) is 38.3 Å². The highest BCUT2D eigenvalue weighted by Gasteiger charge is 2.30. The minimum Gasteiger partial charge on any atom is -0.350 e. The molecule has 0 aliphatic carbocycles.